The van der Waals surface area contributed by atoms with Gasteiger partial charge in [-0.05, 0) is 13.8 Å². The molecule has 0 fully saturated rings. The van der Waals surface area contributed by atoms with Gasteiger partial charge in [-0.25, -0.2) is 0 Å². The Bertz CT molecular complexity index is 171. The zero-order valence-electron chi connectivity index (χ0n) is 7.33. The molecule has 0 atom stereocenters. The number of rotatable bonds is 6. The molecule has 0 aromatic rings. The number of hydrogen-bond acceptors (Lipinski definition) is 3. The lowest BCUT2D eigenvalue weighted by Crippen LogP contribution is -1.92. The lowest BCUT2D eigenvalue weighted by Gasteiger charge is -2.11. The predicted molar refractivity (Wildman–Crippen MR) is 53.8 cm³/mol. The summed E-state index contributed by atoms with van der Waals surface area (Å²) >= 11 is 3.19. The predicted octanol–water partition coefficient (Wildman–Crippen LogP) is 3.16. The highest BCUT2D eigenvalue weighted by Gasteiger charge is 2.17. The summed E-state index contributed by atoms with van der Waals surface area (Å²) in [6, 6.07) is 0. The van der Waals surface area contributed by atoms with E-state index in [9.17, 15) is 4.57 Å². The maximum Gasteiger partial charge on any atom is 0.353 e. The second kappa shape index (κ2) is 6.84. The van der Waals surface area contributed by atoms with Crippen molar-refractivity contribution < 1.29 is 13.6 Å². The van der Waals surface area contributed by atoms with Crippen molar-refractivity contribution in [3.8, 4) is 0 Å². The molecule has 0 radical (unpaired) electrons. The van der Waals surface area contributed by atoms with Gasteiger partial charge < -0.3 is 9.05 Å². The minimum Gasteiger partial charge on any atom is -0.306 e. The van der Waals surface area contributed by atoms with E-state index >= 15 is 0 Å². The molecule has 72 valence electrons. The summed E-state index contributed by atoms with van der Waals surface area (Å²) in [7, 11) is -2.95. The molecule has 0 spiro atoms. The van der Waals surface area contributed by atoms with Gasteiger partial charge in [0, 0.05) is 11.1 Å². The van der Waals surface area contributed by atoms with Crippen molar-refractivity contribution in [2.45, 2.75) is 13.8 Å². The van der Waals surface area contributed by atoms with Gasteiger partial charge in [-0.2, -0.15) is 0 Å². The van der Waals surface area contributed by atoms with Gasteiger partial charge in [0.1, 0.15) is 0 Å². The lowest BCUT2D eigenvalue weighted by atomic mass is 10.8. The molecule has 0 aliphatic carbocycles. The summed E-state index contributed by atoms with van der Waals surface area (Å²) in [6.45, 7) is 4.36. The Morgan fingerprint density at radius 2 is 1.83 bits per heavy atom. The molecule has 0 aliphatic heterocycles. The van der Waals surface area contributed by atoms with E-state index in [4.69, 9.17) is 9.05 Å². The van der Waals surface area contributed by atoms with Crippen LogP contribution < -0.4 is 0 Å². The van der Waals surface area contributed by atoms with Gasteiger partial charge in [-0.1, -0.05) is 22.0 Å². The first-order valence-corrected chi connectivity index (χ1v) is 6.54. The quantitative estimate of drug-likeness (QED) is 0.541. The van der Waals surface area contributed by atoms with E-state index in [0.29, 0.717) is 18.5 Å². The fourth-order valence-electron chi connectivity index (χ4n) is 0.652. The Labute approximate surface area is 81.8 Å². The van der Waals surface area contributed by atoms with E-state index in [1.54, 1.807) is 19.9 Å². The van der Waals surface area contributed by atoms with Crippen LogP contribution in [0.1, 0.15) is 13.8 Å². The van der Waals surface area contributed by atoms with Gasteiger partial charge in [0.25, 0.3) is 0 Å². The van der Waals surface area contributed by atoms with Crippen molar-refractivity contribution in [3.63, 3.8) is 0 Å². The molecule has 0 bridgehead atoms. The summed E-state index contributed by atoms with van der Waals surface area (Å²) in [4.78, 5) is 0. The van der Waals surface area contributed by atoms with Crippen LogP contribution in [0.15, 0.2) is 11.9 Å². The van der Waals surface area contributed by atoms with Crippen molar-refractivity contribution in [1.29, 1.82) is 0 Å². The van der Waals surface area contributed by atoms with Gasteiger partial charge in [-0.15, -0.1) is 0 Å². The molecular formula is C7H14BrO3P. The summed E-state index contributed by atoms with van der Waals surface area (Å²) in [5.74, 6) is 1.48. The lowest BCUT2D eigenvalue weighted by molar-refractivity contribution is 0.229. The second-order valence-electron chi connectivity index (χ2n) is 1.91. The summed E-state index contributed by atoms with van der Waals surface area (Å²) < 4.78 is 21.6. The van der Waals surface area contributed by atoms with Gasteiger partial charge in [0.2, 0.25) is 0 Å². The molecule has 0 aromatic carbocycles. The highest BCUT2D eigenvalue weighted by molar-refractivity contribution is 9.09. The third kappa shape index (κ3) is 5.09. The fraction of sp³-hybridized carbons (Fsp3) is 0.714. The first-order valence-electron chi connectivity index (χ1n) is 3.81. The zero-order chi connectivity index (χ0) is 9.45. The van der Waals surface area contributed by atoms with Gasteiger partial charge in [0.05, 0.1) is 13.2 Å². The first kappa shape index (κ1) is 12.4. The largest absolute Gasteiger partial charge is 0.353 e. The molecule has 0 rings (SSSR count). The normalized spacial score (nSPS) is 12.6. The van der Waals surface area contributed by atoms with E-state index in [1.807, 2.05) is 0 Å². The number of allylic oxidation sites excluding steroid dienone is 1. The zero-order valence-corrected chi connectivity index (χ0v) is 9.81. The molecule has 0 aromatic heterocycles. The van der Waals surface area contributed by atoms with Crippen molar-refractivity contribution in [3.05, 3.63) is 11.9 Å². The van der Waals surface area contributed by atoms with Crippen LogP contribution in [0.4, 0.5) is 0 Å². The highest BCUT2D eigenvalue weighted by Crippen LogP contribution is 2.49. The average molecular weight is 257 g/mol. The number of halogens is 1. The molecule has 0 aliphatic rings. The molecule has 0 saturated heterocycles. The molecule has 12 heavy (non-hydrogen) atoms. The number of alkyl halides is 1. The Hall–Kier alpha value is 0.370. The minimum absolute atomic E-state index is 0.393. The van der Waals surface area contributed by atoms with Crippen molar-refractivity contribution >= 4 is 23.5 Å². The molecular weight excluding hydrogens is 243 g/mol. The maximum atomic E-state index is 11.6. The van der Waals surface area contributed by atoms with E-state index in [-0.39, 0.29) is 0 Å². The summed E-state index contributed by atoms with van der Waals surface area (Å²) in [6.07, 6.45) is 1.71. The van der Waals surface area contributed by atoms with E-state index in [1.165, 1.54) is 5.82 Å². The van der Waals surface area contributed by atoms with E-state index < -0.39 is 7.60 Å². The maximum absolute atomic E-state index is 11.6. The molecule has 0 heterocycles. The average Bonchev–Trinajstić information content (AvgIpc) is 2.02. The highest BCUT2D eigenvalue weighted by atomic mass is 79.9. The van der Waals surface area contributed by atoms with Crippen LogP contribution >= 0.6 is 23.5 Å². The van der Waals surface area contributed by atoms with Crippen LogP contribution in [0.3, 0.4) is 0 Å². The van der Waals surface area contributed by atoms with Crippen molar-refractivity contribution in [2.24, 2.45) is 0 Å². The first-order chi connectivity index (χ1) is 5.68. The van der Waals surface area contributed by atoms with Crippen molar-refractivity contribution in [2.75, 3.05) is 18.5 Å². The van der Waals surface area contributed by atoms with Crippen LogP contribution in [0.5, 0.6) is 0 Å². The standard InChI is InChI=1S/C7H14BrO3P/c1-3-10-12(9,11-4-2)7-5-6-8/h5,7H,3-4,6H2,1-2H3/b7-5+. The van der Waals surface area contributed by atoms with E-state index in [0.717, 1.165) is 0 Å². The third-order valence-electron chi connectivity index (χ3n) is 0.995. The van der Waals surface area contributed by atoms with Crippen LogP contribution in [-0.2, 0) is 13.6 Å². The Kier molecular flexibility index (Phi) is 7.05. The molecule has 5 heteroatoms. The molecule has 0 N–H and O–H groups in total. The summed E-state index contributed by atoms with van der Waals surface area (Å²) in [5.41, 5.74) is 0. The van der Waals surface area contributed by atoms with Crippen molar-refractivity contribution in [1.82, 2.24) is 0 Å². The Morgan fingerprint density at radius 3 is 2.17 bits per heavy atom. The molecule has 3 nitrogen and oxygen atoms in total. The molecule has 0 amide bonds. The fourth-order valence-corrected chi connectivity index (χ4v) is 2.46. The topological polar surface area (TPSA) is 35.5 Å². The van der Waals surface area contributed by atoms with Gasteiger partial charge >= 0.3 is 7.60 Å². The SMILES string of the molecule is CCOP(=O)(/C=C/CBr)OCC. The second-order valence-corrected chi connectivity index (χ2v) is 4.46. The van der Waals surface area contributed by atoms with Crippen LogP contribution in [0, 0.1) is 0 Å². The third-order valence-corrected chi connectivity index (χ3v) is 3.18. The Morgan fingerprint density at radius 1 is 1.33 bits per heavy atom. The van der Waals surface area contributed by atoms with Gasteiger partial charge in [0.15, 0.2) is 0 Å². The van der Waals surface area contributed by atoms with Crippen LogP contribution in [0.25, 0.3) is 0 Å². The molecule has 0 unspecified atom stereocenters. The van der Waals surface area contributed by atoms with Crippen LogP contribution in [-0.4, -0.2) is 18.5 Å². The smallest absolute Gasteiger partial charge is 0.306 e. The monoisotopic (exact) mass is 256 g/mol. The minimum atomic E-state index is -2.95. The number of hydrogen-bond donors (Lipinski definition) is 0. The Balaban J connectivity index is 4.18. The van der Waals surface area contributed by atoms with E-state index in [2.05, 4.69) is 15.9 Å². The van der Waals surface area contributed by atoms with Crippen LogP contribution in [0.2, 0.25) is 0 Å². The van der Waals surface area contributed by atoms with Gasteiger partial charge in [-0.3, -0.25) is 4.57 Å². The molecule has 0 saturated carbocycles. The summed E-state index contributed by atoms with van der Waals surface area (Å²) in [5, 5.41) is 0.650.